The van der Waals surface area contributed by atoms with Gasteiger partial charge in [-0.25, -0.2) is 13.2 Å². The molecule has 1 atom stereocenters. The standard InChI is InChI=1S/C19H22N2O4S/c1-14-12-15(19(22)25-2)8-9-18(14)26(23,24)21-11-10-17(13-21)20-16-6-4-3-5-7-16/h3-9,12,17,20H,10-11,13H2,1-2H3/t17-/m1/s1. The fourth-order valence-corrected chi connectivity index (χ4v) is 4.86. The number of aryl methyl sites for hydroxylation is 1. The van der Waals surface area contributed by atoms with Crippen molar-refractivity contribution in [1.29, 1.82) is 0 Å². The molecule has 0 spiro atoms. The minimum Gasteiger partial charge on any atom is -0.465 e. The molecule has 0 bridgehead atoms. The van der Waals surface area contributed by atoms with E-state index in [1.54, 1.807) is 13.0 Å². The van der Waals surface area contributed by atoms with Crippen molar-refractivity contribution >= 4 is 21.7 Å². The summed E-state index contributed by atoms with van der Waals surface area (Å²) in [5.74, 6) is -0.481. The number of sulfonamides is 1. The maximum absolute atomic E-state index is 13.0. The van der Waals surface area contributed by atoms with Crippen molar-refractivity contribution in [2.45, 2.75) is 24.3 Å². The van der Waals surface area contributed by atoms with E-state index in [9.17, 15) is 13.2 Å². The molecule has 138 valence electrons. The Morgan fingerprint density at radius 3 is 2.58 bits per heavy atom. The lowest BCUT2D eigenvalue weighted by Crippen LogP contribution is -2.32. The van der Waals surface area contributed by atoms with Crippen LogP contribution in [-0.4, -0.2) is 44.9 Å². The lowest BCUT2D eigenvalue weighted by Gasteiger charge is -2.19. The van der Waals surface area contributed by atoms with Gasteiger partial charge in [0.2, 0.25) is 10.0 Å². The molecule has 1 saturated heterocycles. The Morgan fingerprint density at radius 2 is 1.92 bits per heavy atom. The second-order valence-corrected chi connectivity index (χ2v) is 8.24. The van der Waals surface area contributed by atoms with Gasteiger partial charge < -0.3 is 10.1 Å². The predicted molar refractivity (Wildman–Crippen MR) is 99.7 cm³/mol. The average molecular weight is 374 g/mol. The van der Waals surface area contributed by atoms with Crippen molar-refractivity contribution in [1.82, 2.24) is 4.31 Å². The summed E-state index contributed by atoms with van der Waals surface area (Å²) in [6.07, 6.45) is 0.743. The van der Waals surface area contributed by atoms with Gasteiger partial charge in [-0.3, -0.25) is 0 Å². The van der Waals surface area contributed by atoms with E-state index in [1.165, 1.54) is 23.5 Å². The number of carbonyl (C=O) groups is 1. The summed E-state index contributed by atoms with van der Waals surface area (Å²) in [7, 11) is -2.30. The Morgan fingerprint density at radius 1 is 1.19 bits per heavy atom. The van der Waals surface area contributed by atoms with Crippen LogP contribution in [0.15, 0.2) is 53.4 Å². The highest BCUT2D eigenvalue weighted by Crippen LogP contribution is 2.26. The molecule has 1 aliphatic heterocycles. The van der Waals surface area contributed by atoms with Gasteiger partial charge in [0.25, 0.3) is 0 Å². The molecule has 26 heavy (non-hydrogen) atoms. The normalized spacial score (nSPS) is 17.8. The Labute approximate surface area is 153 Å². The number of para-hydroxylation sites is 1. The molecule has 0 radical (unpaired) electrons. The summed E-state index contributed by atoms with van der Waals surface area (Å²) in [4.78, 5) is 11.8. The first kappa shape index (κ1) is 18.4. The van der Waals surface area contributed by atoms with E-state index in [0.717, 1.165) is 12.1 Å². The third kappa shape index (κ3) is 3.73. The van der Waals surface area contributed by atoms with Gasteiger partial charge in [-0.2, -0.15) is 4.31 Å². The zero-order chi connectivity index (χ0) is 18.7. The van der Waals surface area contributed by atoms with Crippen molar-refractivity contribution in [2.75, 3.05) is 25.5 Å². The number of carbonyl (C=O) groups excluding carboxylic acids is 1. The monoisotopic (exact) mass is 374 g/mol. The lowest BCUT2D eigenvalue weighted by atomic mass is 10.1. The molecule has 1 fully saturated rings. The van der Waals surface area contributed by atoms with E-state index in [2.05, 4.69) is 10.1 Å². The molecule has 6 nitrogen and oxygen atoms in total. The number of nitrogens with one attached hydrogen (secondary N) is 1. The van der Waals surface area contributed by atoms with Crippen molar-refractivity contribution < 1.29 is 17.9 Å². The second-order valence-electron chi connectivity index (χ2n) is 6.33. The van der Waals surface area contributed by atoms with E-state index in [0.29, 0.717) is 24.2 Å². The predicted octanol–water partition coefficient (Wildman–Crippen LogP) is 2.66. The number of nitrogens with zero attached hydrogens (tertiary/aromatic N) is 1. The summed E-state index contributed by atoms with van der Waals surface area (Å²) < 4.78 is 32.1. The van der Waals surface area contributed by atoms with Crippen LogP contribution in [0, 0.1) is 6.92 Å². The minimum absolute atomic E-state index is 0.0711. The van der Waals surface area contributed by atoms with Crippen LogP contribution >= 0.6 is 0 Å². The van der Waals surface area contributed by atoms with Gasteiger partial charge >= 0.3 is 5.97 Å². The molecule has 3 rings (SSSR count). The van der Waals surface area contributed by atoms with Crippen LogP contribution in [-0.2, 0) is 14.8 Å². The Kier molecular flexibility index (Phi) is 5.29. The Balaban J connectivity index is 1.75. The quantitative estimate of drug-likeness (QED) is 0.815. The molecule has 2 aromatic carbocycles. The van der Waals surface area contributed by atoms with E-state index < -0.39 is 16.0 Å². The summed E-state index contributed by atoms with van der Waals surface area (Å²) in [6.45, 7) is 2.57. The molecule has 1 heterocycles. The molecule has 0 aliphatic carbocycles. The molecule has 0 amide bonds. The third-order valence-electron chi connectivity index (χ3n) is 4.51. The van der Waals surface area contributed by atoms with Gasteiger partial charge in [-0.05, 0) is 49.2 Å². The first-order chi connectivity index (χ1) is 12.4. The van der Waals surface area contributed by atoms with Crippen LogP contribution < -0.4 is 5.32 Å². The molecule has 0 saturated carbocycles. The van der Waals surface area contributed by atoms with Crippen LogP contribution in [0.25, 0.3) is 0 Å². The van der Waals surface area contributed by atoms with E-state index in [1.807, 2.05) is 30.3 Å². The van der Waals surface area contributed by atoms with Gasteiger partial charge in [0.05, 0.1) is 17.6 Å². The fraction of sp³-hybridized carbons (Fsp3) is 0.316. The molecular formula is C19H22N2O4S. The van der Waals surface area contributed by atoms with Crippen LogP contribution in [0.1, 0.15) is 22.3 Å². The van der Waals surface area contributed by atoms with Crippen molar-refractivity contribution in [3.63, 3.8) is 0 Å². The topological polar surface area (TPSA) is 75.7 Å². The van der Waals surface area contributed by atoms with E-state index >= 15 is 0 Å². The van der Waals surface area contributed by atoms with Gasteiger partial charge in [-0.1, -0.05) is 18.2 Å². The molecule has 1 N–H and O–H groups in total. The number of hydrogen-bond donors (Lipinski definition) is 1. The van der Waals surface area contributed by atoms with Crippen LogP contribution in [0.3, 0.4) is 0 Å². The van der Waals surface area contributed by atoms with Gasteiger partial charge in [-0.15, -0.1) is 0 Å². The number of esters is 1. The Hall–Kier alpha value is -2.38. The lowest BCUT2D eigenvalue weighted by molar-refractivity contribution is 0.0600. The highest BCUT2D eigenvalue weighted by Gasteiger charge is 2.33. The van der Waals surface area contributed by atoms with Crippen molar-refractivity contribution in [3.8, 4) is 0 Å². The van der Waals surface area contributed by atoms with Gasteiger partial charge in [0.15, 0.2) is 0 Å². The van der Waals surface area contributed by atoms with Crippen molar-refractivity contribution in [3.05, 3.63) is 59.7 Å². The maximum atomic E-state index is 13.0. The molecular weight excluding hydrogens is 352 g/mol. The van der Waals surface area contributed by atoms with Crippen LogP contribution in [0.5, 0.6) is 0 Å². The maximum Gasteiger partial charge on any atom is 0.337 e. The van der Waals surface area contributed by atoms with E-state index in [4.69, 9.17) is 0 Å². The molecule has 1 aliphatic rings. The van der Waals surface area contributed by atoms with Crippen molar-refractivity contribution in [2.24, 2.45) is 0 Å². The zero-order valence-corrected chi connectivity index (χ0v) is 15.6. The SMILES string of the molecule is COC(=O)c1ccc(S(=O)(=O)N2CC[C@@H](Nc3ccccc3)C2)c(C)c1. The first-order valence-electron chi connectivity index (χ1n) is 8.42. The number of anilines is 1. The largest absolute Gasteiger partial charge is 0.465 e. The average Bonchev–Trinajstić information content (AvgIpc) is 3.11. The molecule has 0 unspecified atom stereocenters. The highest BCUT2D eigenvalue weighted by molar-refractivity contribution is 7.89. The summed E-state index contributed by atoms with van der Waals surface area (Å²) >= 11 is 0. The molecule has 7 heteroatoms. The fourth-order valence-electron chi connectivity index (χ4n) is 3.16. The summed E-state index contributed by atoms with van der Waals surface area (Å²) in [5, 5.41) is 3.37. The number of ether oxygens (including phenoxy) is 1. The summed E-state index contributed by atoms with van der Waals surface area (Å²) in [6, 6.07) is 14.3. The first-order valence-corrected chi connectivity index (χ1v) is 9.86. The third-order valence-corrected chi connectivity index (χ3v) is 6.53. The smallest absolute Gasteiger partial charge is 0.337 e. The molecule has 2 aromatic rings. The second kappa shape index (κ2) is 7.47. The highest BCUT2D eigenvalue weighted by atomic mass is 32.2. The minimum atomic E-state index is -3.60. The zero-order valence-electron chi connectivity index (χ0n) is 14.8. The van der Waals surface area contributed by atoms with Gasteiger partial charge in [0, 0.05) is 24.8 Å². The Bertz CT molecular complexity index is 897. The number of hydrogen-bond acceptors (Lipinski definition) is 5. The number of benzene rings is 2. The van der Waals surface area contributed by atoms with E-state index in [-0.39, 0.29) is 10.9 Å². The van der Waals surface area contributed by atoms with Gasteiger partial charge in [0.1, 0.15) is 0 Å². The van der Waals surface area contributed by atoms with Crippen LogP contribution in [0.4, 0.5) is 5.69 Å². The molecule has 0 aromatic heterocycles. The van der Waals surface area contributed by atoms with Crippen LogP contribution in [0.2, 0.25) is 0 Å². The summed E-state index contributed by atoms with van der Waals surface area (Å²) in [5.41, 5.74) is 1.86. The number of rotatable bonds is 5. The number of methoxy groups -OCH3 is 1.